The molecule has 144 valence electrons. The predicted molar refractivity (Wildman–Crippen MR) is 108 cm³/mol. The second-order valence-electron chi connectivity index (χ2n) is 7.69. The Balaban J connectivity index is 1.66. The van der Waals surface area contributed by atoms with Crippen LogP contribution < -0.4 is 10.9 Å². The summed E-state index contributed by atoms with van der Waals surface area (Å²) in [6, 6.07) is 4.04. The number of hydrogen-bond donors (Lipinski definition) is 1. The molecule has 0 saturated carbocycles. The van der Waals surface area contributed by atoms with Gasteiger partial charge in [0.25, 0.3) is 5.56 Å². The second-order valence-corrected chi connectivity index (χ2v) is 8.59. The van der Waals surface area contributed by atoms with Crippen molar-refractivity contribution in [3.63, 3.8) is 0 Å². The fourth-order valence-electron chi connectivity index (χ4n) is 3.83. The van der Waals surface area contributed by atoms with E-state index in [1.807, 2.05) is 35.8 Å². The van der Waals surface area contributed by atoms with Crippen LogP contribution in [0.3, 0.4) is 0 Å². The normalized spacial score (nSPS) is 18.6. The van der Waals surface area contributed by atoms with Gasteiger partial charge in [-0.3, -0.25) is 14.0 Å². The monoisotopic (exact) mass is 387 g/mol. The number of nitrogens with zero attached hydrogens (tertiary/aromatic N) is 4. The van der Waals surface area contributed by atoms with Crippen molar-refractivity contribution < 1.29 is 4.79 Å². The molecule has 0 aliphatic carbocycles. The zero-order valence-electron chi connectivity index (χ0n) is 15.9. The molecule has 1 aliphatic heterocycles. The molecule has 0 radical (unpaired) electrons. The quantitative estimate of drug-likeness (QED) is 0.744. The maximum atomic E-state index is 12.9. The molecule has 1 aliphatic rings. The third kappa shape index (κ3) is 3.39. The largest absolute Gasteiger partial charge is 0.350 e. The Labute approximate surface area is 161 Å². The van der Waals surface area contributed by atoms with Gasteiger partial charge in [-0.2, -0.15) is 5.10 Å². The van der Waals surface area contributed by atoms with E-state index in [0.29, 0.717) is 5.52 Å². The second kappa shape index (κ2) is 7.09. The topological polar surface area (TPSA) is 71.6 Å². The van der Waals surface area contributed by atoms with Gasteiger partial charge in [0.05, 0.1) is 0 Å². The number of fused-ring (bicyclic) bond motifs is 3. The van der Waals surface area contributed by atoms with E-state index in [4.69, 9.17) is 0 Å². The van der Waals surface area contributed by atoms with E-state index in [1.165, 1.54) is 4.68 Å². The molecule has 4 rings (SSSR count). The Hall–Kier alpha value is -2.19. The lowest BCUT2D eigenvalue weighted by Crippen LogP contribution is -2.48. The maximum Gasteiger partial charge on any atom is 0.291 e. The molecular formula is C19H25N5O2S. The Bertz CT molecular complexity index is 1050. The number of amides is 1. The summed E-state index contributed by atoms with van der Waals surface area (Å²) in [5.74, 6) is 0.775. The summed E-state index contributed by atoms with van der Waals surface area (Å²) in [6.07, 6.45) is 2.05. The SMILES string of the molecule is CC(C)c1nn(CC(=O)NC2CCCN(C)C2)c(=O)c2cc3ccsc3n12. The van der Waals surface area contributed by atoms with Crippen LogP contribution in [0.2, 0.25) is 0 Å². The van der Waals surface area contributed by atoms with Crippen molar-refractivity contribution in [1.29, 1.82) is 0 Å². The van der Waals surface area contributed by atoms with Gasteiger partial charge in [-0.05, 0) is 43.9 Å². The van der Waals surface area contributed by atoms with E-state index in [2.05, 4.69) is 22.4 Å². The van der Waals surface area contributed by atoms with E-state index < -0.39 is 0 Å². The molecule has 1 atom stereocenters. The molecule has 1 saturated heterocycles. The average molecular weight is 388 g/mol. The van der Waals surface area contributed by atoms with Crippen molar-refractivity contribution in [2.24, 2.45) is 0 Å². The number of nitrogens with one attached hydrogen (secondary N) is 1. The van der Waals surface area contributed by atoms with Gasteiger partial charge < -0.3 is 10.2 Å². The number of likely N-dealkylation sites (tertiary alicyclic amines) is 1. The summed E-state index contributed by atoms with van der Waals surface area (Å²) in [4.78, 5) is 28.7. The van der Waals surface area contributed by atoms with Crippen molar-refractivity contribution in [2.45, 2.75) is 45.2 Å². The number of thiophene rings is 1. The van der Waals surface area contributed by atoms with Gasteiger partial charge in [-0.25, -0.2) is 4.68 Å². The van der Waals surface area contributed by atoms with Crippen molar-refractivity contribution in [2.75, 3.05) is 20.1 Å². The lowest BCUT2D eigenvalue weighted by atomic mass is 10.1. The summed E-state index contributed by atoms with van der Waals surface area (Å²) >= 11 is 1.60. The van der Waals surface area contributed by atoms with Crippen molar-refractivity contribution >= 4 is 33.0 Å². The van der Waals surface area contributed by atoms with Gasteiger partial charge in [0.15, 0.2) is 0 Å². The minimum absolute atomic E-state index is 0.0475. The first kappa shape index (κ1) is 18.2. The molecule has 8 heteroatoms. The fourth-order valence-corrected chi connectivity index (χ4v) is 4.73. The third-order valence-electron chi connectivity index (χ3n) is 5.12. The number of likely N-dealkylation sites (N-methyl/N-ethyl adjacent to an activating group) is 1. The van der Waals surface area contributed by atoms with Crippen molar-refractivity contribution in [1.82, 2.24) is 24.4 Å². The first-order chi connectivity index (χ1) is 12.9. The molecule has 1 N–H and O–H groups in total. The number of carbonyl (C=O) groups is 1. The lowest BCUT2D eigenvalue weighted by molar-refractivity contribution is -0.123. The first-order valence-electron chi connectivity index (χ1n) is 9.41. The van der Waals surface area contributed by atoms with E-state index in [9.17, 15) is 9.59 Å². The van der Waals surface area contributed by atoms with Gasteiger partial charge in [0, 0.05) is 23.9 Å². The summed E-state index contributed by atoms with van der Waals surface area (Å²) < 4.78 is 3.26. The highest BCUT2D eigenvalue weighted by Crippen LogP contribution is 2.26. The van der Waals surface area contributed by atoms with E-state index >= 15 is 0 Å². The number of carbonyl (C=O) groups excluding carboxylic acids is 1. The van der Waals surface area contributed by atoms with E-state index in [-0.39, 0.29) is 30.0 Å². The van der Waals surface area contributed by atoms with E-state index in [1.54, 1.807) is 11.3 Å². The van der Waals surface area contributed by atoms with Gasteiger partial charge in [-0.15, -0.1) is 11.3 Å². The van der Waals surface area contributed by atoms with Gasteiger partial charge >= 0.3 is 0 Å². The van der Waals surface area contributed by atoms with Crippen LogP contribution in [0, 0.1) is 0 Å². The first-order valence-corrected chi connectivity index (χ1v) is 10.3. The molecule has 4 heterocycles. The van der Waals surface area contributed by atoms with Crippen molar-refractivity contribution in [3.05, 3.63) is 33.7 Å². The Morgan fingerprint density at radius 2 is 2.26 bits per heavy atom. The van der Waals surface area contributed by atoms with Crippen LogP contribution in [0.4, 0.5) is 0 Å². The van der Waals surface area contributed by atoms with Crippen LogP contribution in [0.25, 0.3) is 15.7 Å². The predicted octanol–water partition coefficient (Wildman–Crippen LogP) is 2.04. The maximum absolute atomic E-state index is 12.9. The molecule has 1 amide bonds. The summed E-state index contributed by atoms with van der Waals surface area (Å²) in [5.41, 5.74) is 0.361. The van der Waals surface area contributed by atoms with Gasteiger partial charge in [-0.1, -0.05) is 13.8 Å². The molecular weight excluding hydrogens is 362 g/mol. The van der Waals surface area contributed by atoms with Crippen LogP contribution in [0.15, 0.2) is 22.3 Å². The zero-order chi connectivity index (χ0) is 19.1. The molecule has 0 spiro atoms. The summed E-state index contributed by atoms with van der Waals surface area (Å²) in [5, 5.41) is 10.7. The number of rotatable bonds is 4. The highest BCUT2D eigenvalue weighted by molar-refractivity contribution is 7.16. The van der Waals surface area contributed by atoms with Crippen LogP contribution in [0.5, 0.6) is 0 Å². The van der Waals surface area contributed by atoms with Gasteiger partial charge in [0.2, 0.25) is 5.91 Å². The van der Waals surface area contributed by atoms with Crippen LogP contribution in [-0.2, 0) is 11.3 Å². The molecule has 0 aromatic carbocycles. The summed E-state index contributed by atoms with van der Waals surface area (Å²) in [6.45, 7) is 5.96. The minimum atomic E-state index is -0.223. The molecule has 3 aromatic heterocycles. The van der Waals surface area contributed by atoms with E-state index in [0.717, 1.165) is 42.0 Å². The smallest absolute Gasteiger partial charge is 0.291 e. The molecule has 0 bridgehead atoms. The fraction of sp³-hybridized carbons (Fsp3) is 0.526. The van der Waals surface area contributed by atoms with Crippen molar-refractivity contribution in [3.8, 4) is 0 Å². The number of piperidine rings is 1. The molecule has 7 nitrogen and oxygen atoms in total. The standard InChI is InChI=1S/C19H25N5O2S/c1-12(2)17-21-23(11-16(25)20-14-5-4-7-22(3)10-14)18(26)15-9-13-6-8-27-19(13)24(15)17/h6,8-9,12,14H,4-5,7,10-11H2,1-3H3,(H,20,25). The molecule has 3 aromatic rings. The Morgan fingerprint density at radius 3 is 3.00 bits per heavy atom. The van der Waals surface area contributed by atoms with Crippen LogP contribution in [0.1, 0.15) is 38.4 Å². The zero-order valence-corrected chi connectivity index (χ0v) is 16.8. The number of aromatic nitrogens is 3. The van der Waals surface area contributed by atoms with Crippen LogP contribution in [-0.4, -0.2) is 51.2 Å². The summed E-state index contributed by atoms with van der Waals surface area (Å²) in [7, 11) is 2.06. The van der Waals surface area contributed by atoms with Gasteiger partial charge in [0.1, 0.15) is 22.7 Å². The molecule has 1 fully saturated rings. The Morgan fingerprint density at radius 1 is 1.44 bits per heavy atom. The Kier molecular flexibility index (Phi) is 4.77. The average Bonchev–Trinajstić information content (AvgIpc) is 3.18. The highest BCUT2D eigenvalue weighted by Gasteiger charge is 2.21. The molecule has 1 unspecified atom stereocenters. The lowest BCUT2D eigenvalue weighted by Gasteiger charge is -2.30. The number of hydrogen-bond acceptors (Lipinski definition) is 5. The highest BCUT2D eigenvalue weighted by atomic mass is 32.1. The minimum Gasteiger partial charge on any atom is -0.350 e. The van der Waals surface area contributed by atoms with Crippen LogP contribution >= 0.6 is 11.3 Å². The molecule has 27 heavy (non-hydrogen) atoms. The third-order valence-corrected chi connectivity index (χ3v) is 6.03.